The highest BCUT2D eigenvalue weighted by Gasteiger charge is 2.18. The number of thiazole rings is 1. The number of amides is 3. The minimum Gasteiger partial charge on any atom is -0.497 e. The van der Waals surface area contributed by atoms with Crippen molar-refractivity contribution in [3.05, 3.63) is 69.2 Å². The average molecular weight is 439 g/mol. The second-order valence-electron chi connectivity index (χ2n) is 7.32. The molecule has 0 spiro atoms. The number of nitrogens with one attached hydrogen (secondary N) is 3. The van der Waals surface area contributed by atoms with Crippen molar-refractivity contribution in [3.8, 4) is 5.75 Å². The van der Waals surface area contributed by atoms with E-state index in [1.807, 2.05) is 57.2 Å². The molecule has 1 heterocycles. The number of urea groups is 1. The molecule has 0 unspecified atom stereocenters. The quantitative estimate of drug-likeness (QED) is 0.507. The number of carbonyl (C=O) groups is 2. The number of hydrogen-bond acceptors (Lipinski definition) is 5. The Kier molecular flexibility index (Phi) is 6.91. The van der Waals surface area contributed by atoms with E-state index in [-0.39, 0.29) is 5.91 Å². The van der Waals surface area contributed by atoms with Gasteiger partial charge in [-0.05, 0) is 56.5 Å². The molecule has 1 aromatic heterocycles. The van der Waals surface area contributed by atoms with Crippen LogP contribution in [0.5, 0.6) is 5.75 Å². The summed E-state index contributed by atoms with van der Waals surface area (Å²) in [6, 6.07) is 11.1. The third-order valence-corrected chi connectivity index (χ3v) is 5.80. The molecule has 3 amide bonds. The van der Waals surface area contributed by atoms with Crippen LogP contribution >= 0.6 is 11.3 Å². The molecule has 3 aromatic rings. The first-order valence-corrected chi connectivity index (χ1v) is 10.6. The second kappa shape index (κ2) is 9.61. The zero-order chi connectivity index (χ0) is 22.5. The maximum absolute atomic E-state index is 12.8. The van der Waals surface area contributed by atoms with Gasteiger partial charge in [0.2, 0.25) is 0 Å². The number of hydrogen-bond donors (Lipinski definition) is 3. The van der Waals surface area contributed by atoms with Crippen molar-refractivity contribution in [2.24, 2.45) is 0 Å². The van der Waals surface area contributed by atoms with Gasteiger partial charge < -0.3 is 15.4 Å². The van der Waals surface area contributed by atoms with Gasteiger partial charge in [-0.15, -0.1) is 0 Å². The molecule has 0 saturated heterocycles. The van der Waals surface area contributed by atoms with Crippen LogP contribution in [-0.4, -0.2) is 24.0 Å². The van der Waals surface area contributed by atoms with E-state index in [0.29, 0.717) is 22.2 Å². The summed E-state index contributed by atoms with van der Waals surface area (Å²) < 4.78 is 5.18. The molecule has 2 aromatic carbocycles. The topological polar surface area (TPSA) is 92.3 Å². The maximum Gasteiger partial charge on any atom is 0.321 e. The van der Waals surface area contributed by atoms with Crippen molar-refractivity contribution in [1.29, 1.82) is 0 Å². The molecule has 0 aliphatic carbocycles. The predicted molar refractivity (Wildman–Crippen MR) is 124 cm³/mol. The molecule has 0 aliphatic rings. The number of rotatable bonds is 6. The molecular weight excluding hydrogens is 412 g/mol. The van der Waals surface area contributed by atoms with Crippen LogP contribution in [0, 0.1) is 27.7 Å². The molecule has 162 valence electrons. The highest BCUT2D eigenvalue weighted by molar-refractivity contribution is 7.17. The summed E-state index contributed by atoms with van der Waals surface area (Å²) in [6.07, 6.45) is 0. The summed E-state index contributed by atoms with van der Waals surface area (Å²) in [6.45, 7) is 8.05. The number of methoxy groups -OCH3 is 1. The third-order valence-electron chi connectivity index (χ3n) is 4.73. The first-order valence-electron chi connectivity index (χ1n) is 9.81. The van der Waals surface area contributed by atoms with E-state index in [1.54, 1.807) is 14.0 Å². The number of anilines is 2. The summed E-state index contributed by atoms with van der Waals surface area (Å²) in [5.74, 6) is 0.486. The van der Waals surface area contributed by atoms with Crippen molar-refractivity contribution >= 4 is 34.1 Å². The van der Waals surface area contributed by atoms with Gasteiger partial charge in [0.15, 0.2) is 5.13 Å². The molecule has 8 heteroatoms. The Morgan fingerprint density at radius 1 is 1.03 bits per heavy atom. The normalized spacial score (nSPS) is 10.5. The minimum absolute atomic E-state index is 0.241. The predicted octanol–water partition coefficient (Wildman–Crippen LogP) is 4.96. The molecule has 0 radical (unpaired) electrons. The Balaban J connectivity index is 1.63. The number of benzene rings is 2. The molecule has 0 saturated carbocycles. The van der Waals surface area contributed by atoms with Crippen LogP contribution < -0.4 is 20.7 Å². The Labute approximate surface area is 185 Å². The van der Waals surface area contributed by atoms with E-state index < -0.39 is 6.03 Å². The van der Waals surface area contributed by atoms with Gasteiger partial charge in [0.25, 0.3) is 5.91 Å². The van der Waals surface area contributed by atoms with Crippen molar-refractivity contribution in [2.75, 3.05) is 17.7 Å². The lowest BCUT2D eigenvalue weighted by atomic mass is 10.1. The average Bonchev–Trinajstić information content (AvgIpc) is 3.09. The number of carbonyl (C=O) groups excluding carboxylic acids is 2. The lowest BCUT2D eigenvalue weighted by Crippen LogP contribution is -2.28. The van der Waals surface area contributed by atoms with Crippen LogP contribution in [0.15, 0.2) is 36.4 Å². The summed E-state index contributed by atoms with van der Waals surface area (Å²) >= 11 is 1.14. The van der Waals surface area contributed by atoms with Crippen LogP contribution in [0.1, 0.15) is 37.6 Å². The fourth-order valence-electron chi connectivity index (χ4n) is 3.31. The Morgan fingerprint density at radius 2 is 1.74 bits per heavy atom. The first kappa shape index (κ1) is 22.3. The van der Waals surface area contributed by atoms with Gasteiger partial charge in [0.1, 0.15) is 10.6 Å². The molecule has 0 bridgehead atoms. The highest BCUT2D eigenvalue weighted by atomic mass is 32.1. The van der Waals surface area contributed by atoms with E-state index in [1.165, 1.54) is 0 Å². The van der Waals surface area contributed by atoms with Gasteiger partial charge in [0.05, 0.1) is 12.8 Å². The summed E-state index contributed by atoms with van der Waals surface area (Å²) in [5, 5.41) is 8.82. The van der Waals surface area contributed by atoms with E-state index in [0.717, 1.165) is 45.0 Å². The van der Waals surface area contributed by atoms with Crippen molar-refractivity contribution in [1.82, 2.24) is 10.3 Å². The van der Waals surface area contributed by atoms with Crippen LogP contribution in [0.25, 0.3) is 0 Å². The summed E-state index contributed by atoms with van der Waals surface area (Å²) in [5.41, 5.74) is 5.43. The van der Waals surface area contributed by atoms with Gasteiger partial charge in [-0.25, -0.2) is 9.78 Å². The number of nitrogens with zero attached hydrogens (tertiary/aromatic N) is 1. The van der Waals surface area contributed by atoms with Crippen molar-refractivity contribution < 1.29 is 14.3 Å². The number of ether oxygens (including phenoxy) is 1. The summed E-state index contributed by atoms with van der Waals surface area (Å²) in [7, 11) is 1.60. The lowest BCUT2D eigenvalue weighted by Gasteiger charge is -2.12. The molecule has 0 aliphatic heterocycles. The van der Waals surface area contributed by atoms with E-state index >= 15 is 0 Å². The SMILES string of the molecule is COc1cccc(CNC(=O)Nc2nc(C)c(C(=O)Nc3c(C)cc(C)cc3C)s2)c1. The van der Waals surface area contributed by atoms with Crippen molar-refractivity contribution in [3.63, 3.8) is 0 Å². The van der Waals surface area contributed by atoms with Crippen LogP contribution in [0.3, 0.4) is 0 Å². The van der Waals surface area contributed by atoms with E-state index in [2.05, 4.69) is 20.9 Å². The molecule has 31 heavy (non-hydrogen) atoms. The lowest BCUT2D eigenvalue weighted by molar-refractivity contribution is 0.102. The van der Waals surface area contributed by atoms with Gasteiger partial charge in [0, 0.05) is 12.2 Å². The highest BCUT2D eigenvalue weighted by Crippen LogP contribution is 2.26. The number of aromatic nitrogens is 1. The largest absolute Gasteiger partial charge is 0.497 e. The second-order valence-corrected chi connectivity index (χ2v) is 8.32. The van der Waals surface area contributed by atoms with Crippen LogP contribution in [0.2, 0.25) is 0 Å². The van der Waals surface area contributed by atoms with Gasteiger partial charge in [-0.3, -0.25) is 10.1 Å². The molecule has 3 rings (SSSR count). The summed E-state index contributed by atoms with van der Waals surface area (Å²) in [4.78, 5) is 29.9. The fourth-order valence-corrected chi connectivity index (χ4v) is 4.17. The van der Waals surface area contributed by atoms with E-state index in [9.17, 15) is 9.59 Å². The Hall–Kier alpha value is -3.39. The van der Waals surface area contributed by atoms with Crippen molar-refractivity contribution in [2.45, 2.75) is 34.2 Å². The zero-order valence-corrected chi connectivity index (χ0v) is 19.1. The van der Waals surface area contributed by atoms with Gasteiger partial charge in [-0.1, -0.05) is 41.2 Å². The fraction of sp³-hybridized carbons (Fsp3) is 0.261. The van der Waals surface area contributed by atoms with Gasteiger partial charge in [-0.2, -0.15) is 0 Å². The molecular formula is C23H26N4O3S. The monoisotopic (exact) mass is 438 g/mol. The standard InChI is InChI=1S/C23H26N4O3S/c1-13-9-14(2)19(15(3)10-13)26-21(28)20-16(4)25-23(31-20)27-22(29)24-12-17-7-6-8-18(11-17)30-5/h6-11H,12H2,1-5H3,(H,26,28)(H2,24,25,27,29). The van der Waals surface area contributed by atoms with Gasteiger partial charge >= 0.3 is 6.03 Å². The Morgan fingerprint density at radius 3 is 2.42 bits per heavy atom. The Bertz CT molecular complexity index is 1100. The third kappa shape index (κ3) is 5.61. The first-order chi connectivity index (χ1) is 14.8. The smallest absolute Gasteiger partial charge is 0.321 e. The minimum atomic E-state index is -0.395. The zero-order valence-electron chi connectivity index (χ0n) is 18.3. The maximum atomic E-state index is 12.8. The molecule has 7 nitrogen and oxygen atoms in total. The van der Waals surface area contributed by atoms with E-state index in [4.69, 9.17) is 4.74 Å². The number of aryl methyl sites for hydroxylation is 4. The molecule has 3 N–H and O–H groups in total. The molecule has 0 atom stereocenters. The molecule has 0 fully saturated rings. The van der Waals surface area contributed by atoms with Crippen LogP contribution in [0.4, 0.5) is 15.6 Å². The van der Waals surface area contributed by atoms with Crippen LogP contribution in [-0.2, 0) is 6.54 Å².